The van der Waals surface area contributed by atoms with Crippen LogP contribution in [0.1, 0.15) is 64.4 Å². The monoisotopic (exact) mass is 1350 g/mol. The molecule has 22 nitrogen and oxygen atoms in total. The SMILES string of the molecule is C.CC(C)=C(Cl)N(C)C.COc1ccc(Cn2ccc3cc(-c4nc5ccc(F)nc5o4)cnc32)cc1.COc1ccc(Cn2ccc3cc(C(=O)O)cnc32)cc1.Fc1ccc2nc(-c3cnc4[nH]ccc4c3)oc2n1.Nc1ccc(F)nc1F.O=C(O)c1cnc2c(c1)C=CC2. The number of nitrogens with zero attached hydrogens (tertiary/aromatic N) is 12. The minimum atomic E-state index is -0.965. The van der Waals surface area contributed by atoms with Gasteiger partial charge >= 0.3 is 11.9 Å². The fourth-order valence-corrected chi connectivity index (χ4v) is 9.50. The molecule has 0 radical (unpaired) electrons. The Morgan fingerprint density at radius 3 is 1.60 bits per heavy atom. The molecule has 1 aliphatic carbocycles. The van der Waals surface area contributed by atoms with Gasteiger partial charge in [0.15, 0.2) is 0 Å². The number of carboxylic acid groups (broad SMARTS) is 2. The summed E-state index contributed by atoms with van der Waals surface area (Å²) in [6, 6.07) is 36.4. The minimum absolute atomic E-state index is 0. The number of allylic oxidation sites excluding steroid dienone is 2. The molecule has 1 aliphatic rings. The molecular formula is C71H63ClF4N14O8. The Hall–Kier alpha value is -12.3. The van der Waals surface area contributed by atoms with Gasteiger partial charge in [0.1, 0.15) is 44.6 Å². The number of aromatic amines is 1. The van der Waals surface area contributed by atoms with Crippen molar-refractivity contribution in [1.29, 1.82) is 0 Å². The van der Waals surface area contributed by atoms with E-state index in [1.54, 1.807) is 44.8 Å². The second-order valence-electron chi connectivity index (χ2n) is 21.6. The molecule has 0 fully saturated rings. The number of pyridine rings is 7. The number of nitrogens with one attached hydrogen (secondary N) is 1. The van der Waals surface area contributed by atoms with Gasteiger partial charge in [-0.3, -0.25) is 4.98 Å². The standard InChI is InChI=1S/C21H15FN4O2.C16H14N2O3.C13H7FN4O.C9H7NO2.C6H12ClN.C5H4F2N2.CH4/c1-27-16-4-2-13(3-5-16)12-26-9-8-14-10-15(11-23-19(14)26)20-24-17-6-7-18(22)25-21(17)28-20;1-21-14-4-2-11(3-5-14)10-18-7-6-12-8-13(16(19)20)9-17-15(12)18;14-10-2-1-9-13(18-10)19-12(17-9)8-5-7-3-4-15-11(7)16-6-8;11-9(12)7-4-6-2-1-3-8(6)10-5-7;1-5(2)6(7)8(3)4;6-4-2-1-3(8)5(7)9-4;/h2-11H,12H2,1H3;2-9H,10H2,1H3,(H,19,20);1-6H,(H,15,16);1-2,4-5H,3H2,(H,11,12);1-4H3;1-2H,8H2;1H4. The van der Waals surface area contributed by atoms with Gasteiger partial charge in [-0.05, 0) is 139 Å². The molecule has 27 heteroatoms. The zero-order valence-electron chi connectivity index (χ0n) is 52.6. The van der Waals surface area contributed by atoms with Crippen LogP contribution >= 0.6 is 11.6 Å². The van der Waals surface area contributed by atoms with Gasteiger partial charge in [-0.2, -0.15) is 32.5 Å². The summed E-state index contributed by atoms with van der Waals surface area (Å²) in [7, 11) is 7.14. The lowest BCUT2D eigenvalue weighted by Crippen LogP contribution is -2.07. The van der Waals surface area contributed by atoms with Crippen molar-refractivity contribution in [1.82, 2.24) is 63.9 Å². The van der Waals surface area contributed by atoms with Crippen molar-refractivity contribution in [2.75, 3.05) is 34.0 Å². The number of rotatable bonds is 11. The minimum Gasteiger partial charge on any atom is -0.497 e. The average molecular weight is 1350 g/mol. The van der Waals surface area contributed by atoms with Gasteiger partial charge in [-0.15, -0.1) is 0 Å². The molecule has 0 aliphatic heterocycles. The summed E-state index contributed by atoms with van der Waals surface area (Å²) in [6.45, 7) is 5.35. The van der Waals surface area contributed by atoms with E-state index in [0.29, 0.717) is 41.5 Å². The Morgan fingerprint density at radius 1 is 0.612 bits per heavy atom. The van der Waals surface area contributed by atoms with Gasteiger partial charge in [-0.25, -0.2) is 34.5 Å². The Balaban J connectivity index is 0.000000145. The van der Waals surface area contributed by atoms with Crippen molar-refractivity contribution in [3.05, 3.63) is 245 Å². The first-order chi connectivity index (χ1) is 46.7. The number of carboxylic acids is 2. The number of fused-ring (bicyclic) bond motifs is 6. The Labute approximate surface area is 562 Å². The molecular weight excluding hydrogens is 1290 g/mol. The fourth-order valence-electron chi connectivity index (χ4n) is 9.50. The summed E-state index contributed by atoms with van der Waals surface area (Å²) in [4.78, 5) is 62.3. The van der Waals surface area contributed by atoms with Gasteiger partial charge < -0.3 is 53.3 Å². The van der Waals surface area contributed by atoms with Crippen LogP contribution < -0.4 is 15.2 Å². The summed E-state index contributed by atoms with van der Waals surface area (Å²) >= 11 is 5.76. The number of methoxy groups -OCH3 is 2. The Kier molecular flexibility index (Phi) is 22.7. The summed E-state index contributed by atoms with van der Waals surface area (Å²) in [5, 5.41) is 21.2. The van der Waals surface area contributed by atoms with E-state index in [4.69, 9.17) is 45.9 Å². The van der Waals surface area contributed by atoms with Crippen LogP contribution in [-0.4, -0.2) is 114 Å². The summed E-state index contributed by atoms with van der Waals surface area (Å²) < 4.78 is 75.7. The summed E-state index contributed by atoms with van der Waals surface area (Å²) in [5.41, 5.74) is 15.9. The lowest BCUT2D eigenvalue weighted by atomic mass is 10.2. The number of nitrogens with two attached hydrogens (primary N) is 1. The zero-order chi connectivity index (χ0) is 68.9. The highest BCUT2D eigenvalue weighted by molar-refractivity contribution is 6.29. The summed E-state index contributed by atoms with van der Waals surface area (Å²) in [6.07, 6.45) is 16.5. The van der Waals surface area contributed by atoms with E-state index in [-0.39, 0.29) is 35.7 Å². The first-order valence-electron chi connectivity index (χ1n) is 29.3. The Bertz CT molecular complexity index is 5180. The van der Waals surface area contributed by atoms with Crippen molar-refractivity contribution in [2.24, 2.45) is 0 Å². The van der Waals surface area contributed by atoms with Crippen LogP contribution in [0.2, 0.25) is 0 Å². The number of halogens is 5. The van der Waals surface area contributed by atoms with E-state index in [1.807, 2.05) is 147 Å². The van der Waals surface area contributed by atoms with Crippen molar-refractivity contribution in [3.8, 4) is 34.4 Å². The molecule has 0 bridgehead atoms. The number of H-pyrrole nitrogens is 1. The number of ether oxygens (including phenoxy) is 2. The van der Waals surface area contributed by atoms with Crippen molar-refractivity contribution in [3.63, 3.8) is 0 Å². The third-order valence-electron chi connectivity index (χ3n) is 14.3. The molecule has 98 heavy (non-hydrogen) atoms. The smallest absolute Gasteiger partial charge is 0.337 e. The topological polar surface area (TPSA) is 290 Å². The van der Waals surface area contributed by atoms with Crippen molar-refractivity contribution >= 4 is 90.9 Å². The molecule has 0 amide bonds. The van der Waals surface area contributed by atoms with E-state index in [1.165, 1.54) is 30.6 Å². The quantitative estimate of drug-likeness (QED) is 0.0531. The third-order valence-corrected chi connectivity index (χ3v) is 15.0. The number of anilines is 1. The predicted octanol–water partition coefficient (Wildman–Crippen LogP) is 15.1. The second kappa shape index (κ2) is 31.7. The molecule has 0 unspecified atom stereocenters. The molecule has 500 valence electrons. The second-order valence-corrected chi connectivity index (χ2v) is 22.0. The number of aromatic carboxylic acids is 2. The molecule has 5 N–H and O–H groups in total. The molecule has 0 atom stereocenters. The third kappa shape index (κ3) is 17.5. The van der Waals surface area contributed by atoms with Crippen molar-refractivity contribution < 1.29 is 55.7 Å². The van der Waals surface area contributed by atoms with E-state index in [2.05, 4.69) is 54.4 Å². The molecule has 0 saturated carbocycles. The number of nitrogen functional groups attached to an aromatic ring is 1. The van der Waals surface area contributed by atoms with Crippen LogP contribution in [0.15, 0.2) is 196 Å². The molecule has 2 aromatic carbocycles. The number of benzene rings is 2. The van der Waals surface area contributed by atoms with E-state index in [9.17, 15) is 27.2 Å². The van der Waals surface area contributed by atoms with Crippen LogP contribution in [0.4, 0.5) is 23.2 Å². The number of oxazole rings is 2. The Morgan fingerprint density at radius 2 is 1.10 bits per heavy atom. The number of aromatic nitrogens is 12. The van der Waals surface area contributed by atoms with Gasteiger partial charge in [0.05, 0.1) is 47.9 Å². The summed E-state index contributed by atoms with van der Waals surface area (Å²) in [5.74, 6) is -2.51. The van der Waals surface area contributed by atoms with E-state index >= 15 is 0 Å². The number of hydrogen-bond donors (Lipinski definition) is 4. The largest absolute Gasteiger partial charge is 0.497 e. The predicted molar refractivity (Wildman–Crippen MR) is 365 cm³/mol. The van der Waals surface area contributed by atoms with Crippen LogP contribution in [-0.2, 0) is 19.5 Å². The maximum atomic E-state index is 13.3. The fraction of sp³-hybridized carbons (Fsp3) is 0.141. The molecule has 14 aromatic rings. The average Bonchev–Trinajstić information content (AvgIpc) is 1.66. The first-order valence-corrected chi connectivity index (χ1v) is 29.7. The zero-order valence-corrected chi connectivity index (χ0v) is 53.4. The van der Waals surface area contributed by atoms with E-state index in [0.717, 1.165) is 102 Å². The molecule has 12 heterocycles. The highest BCUT2D eigenvalue weighted by Crippen LogP contribution is 2.29. The van der Waals surface area contributed by atoms with Crippen LogP contribution in [0.25, 0.3) is 84.5 Å². The highest BCUT2D eigenvalue weighted by Gasteiger charge is 2.16. The van der Waals surface area contributed by atoms with Gasteiger partial charge in [0.2, 0.25) is 47.0 Å². The van der Waals surface area contributed by atoms with Crippen LogP contribution in [0.5, 0.6) is 11.5 Å². The number of carbonyl (C=O) groups is 2. The molecule has 15 rings (SSSR count). The van der Waals surface area contributed by atoms with Crippen LogP contribution in [0.3, 0.4) is 0 Å². The molecule has 0 spiro atoms. The normalized spacial score (nSPS) is 10.9. The molecule has 12 aromatic heterocycles. The maximum Gasteiger partial charge on any atom is 0.337 e. The maximum absolute atomic E-state index is 13.3. The first kappa shape index (κ1) is 70.0. The van der Waals surface area contributed by atoms with Gasteiger partial charge in [0.25, 0.3) is 0 Å². The van der Waals surface area contributed by atoms with Gasteiger partial charge in [-0.1, -0.05) is 55.4 Å². The van der Waals surface area contributed by atoms with E-state index < -0.39 is 35.7 Å². The van der Waals surface area contributed by atoms with Crippen LogP contribution in [0, 0.1) is 23.8 Å². The molecule has 0 saturated heterocycles. The number of hydrogen-bond acceptors (Lipinski definition) is 17. The highest BCUT2D eigenvalue weighted by atomic mass is 35.5. The van der Waals surface area contributed by atoms with Crippen molar-refractivity contribution in [2.45, 2.75) is 40.8 Å². The van der Waals surface area contributed by atoms with Gasteiger partial charge in [0, 0.05) is 93.1 Å². The lowest BCUT2D eigenvalue weighted by molar-refractivity contribution is 0.0685. The lowest BCUT2D eigenvalue weighted by Gasteiger charge is -2.11.